The van der Waals surface area contributed by atoms with E-state index in [1.54, 1.807) is 7.11 Å². The summed E-state index contributed by atoms with van der Waals surface area (Å²) in [4.78, 5) is 4.88. The van der Waals surface area contributed by atoms with Crippen LogP contribution in [0.2, 0.25) is 5.02 Å². The molecule has 0 unspecified atom stereocenters. The van der Waals surface area contributed by atoms with E-state index in [1.807, 2.05) is 10.7 Å². The molecule has 7 nitrogen and oxygen atoms in total. The molecule has 0 spiro atoms. The molecule has 1 fully saturated rings. The van der Waals surface area contributed by atoms with Gasteiger partial charge < -0.3 is 9.64 Å². The van der Waals surface area contributed by atoms with Crippen LogP contribution in [0.4, 0.5) is 5.69 Å². The number of nitrogens with zero attached hydrogens (tertiary/aromatic N) is 6. The Balaban J connectivity index is 1.59. The molecular weight excluding hydrogens is 412 g/mol. The number of halogens is 1. The molecule has 0 amide bonds. The first-order valence-corrected chi connectivity index (χ1v) is 11.0. The fourth-order valence-electron chi connectivity index (χ4n) is 4.16. The smallest absolute Gasteiger partial charge is 0.173 e. The van der Waals surface area contributed by atoms with Crippen molar-refractivity contribution in [1.29, 1.82) is 0 Å². The van der Waals surface area contributed by atoms with E-state index in [9.17, 15) is 0 Å². The summed E-state index contributed by atoms with van der Waals surface area (Å²) in [6.45, 7) is 9.09. The van der Waals surface area contributed by atoms with E-state index < -0.39 is 0 Å². The summed E-state index contributed by atoms with van der Waals surface area (Å²) in [5.74, 6) is 0.855. The van der Waals surface area contributed by atoms with Crippen molar-refractivity contribution in [3.05, 3.63) is 70.0 Å². The predicted molar refractivity (Wildman–Crippen MR) is 123 cm³/mol. The fourth-order valence-corrected chi connectivity index (χ4v) is 4.33. The minimum absolute atomic E-state index is 0.00457. The number of methoxy groups -OCH3 is 1. The van der Waals surface area contributed by atoms with Crippen LogP contribution in [-0.2, 0) is 11.3 Å². The first-order valence-electron chi connectivity index (χ1n) is 10.6. The lowest BCUT2D eigenvalue weighted by atomic mass is 10.0. The van der Waals surface area contributed by atoms with Crippen molar-refractivity contribution in [2.24, 2.45) is 0 Å². The zero-order valence-electron chi connectivity index (χ0n) is 18.3. The van der Waals surface area contributed by atoms with Crippen LogP contribution in [0.1, 0.15) is 28.6 Å². The maximum atomic E-state index is 6.26. The van der Waals surface area contributed by atoms with Crippen LogP contribution in [0.5, 0.6) is 0 Å². The molecule has 4 rings (SSSR count). The standard InChI is InChI=1S/C23H29ClN6O/c1-17-4-7-19(8-5-17)22(23-25-26-27-30(23)14-15-31-3)29-12-10-28(11-13-29)21-16-20(24)9-6-18(21)2/h4-9,16,22H,10-15H2,1-3H3/t22-/m0/s1. The number of hydrogen-bond donors (Lipinski definition) is 0. The SMILES string of the molecule is COCCn1nnnc1[C@H](c1ccc(C)cc1)N1CCN(c2cc(Cl)ccc2C)CC1. The Kier molecular flexibility index (Phi) is 6.85. The van der Waals surface area contributed by atoms with E-state index in [1.165, 1.54) is 22.4 Å². The highest BCUT2D eigenvalue weighted by Gasteiger charge is 2.31. The van der Waals surface area contributed by atoms with Gasteiger partial charge in [0.2, 0.25) is 0 Å². The third-order valence-electron chi connectivity index (χ3n) is 5.90. The van der Waals surface area contributed by atoms with Crippen LogP contribution >= 0.6 is 11.6 Å². The molecule has 0 radical (unpaired) electrons. The Hall–Kier alpha value is -2.48. The zero-order valence-corrected chi connectivity index (χ0v) is 19.1. The molecule has 1 aliphatic rings. The van der Waals surface area contributed by atoms with E-state index in [0.717, 1.165) is 37.0 Å². The van der Waals surface area contributed by atoms with Gasteiger partial charge in [-0.1, -0.05) is 47.5 Å². The van der Waals surface area contributed by atoms with Crippen LogP contribution in [-0.4, -0.2) is 65.0 Å². The Morgan fingerprint density at radius 3 is 2.48 bits per heavy atom. The van der Waals surface area contributed by atoms with Crippen molar-refractivity contribution < 1.29 is 4.74 Å². The van der Waals surface area contributed by atoms with Crippen molar-refractivity contribution in [3.8, 4) is 0 Å². The molecule has 1 aromatic heterocycles. The highest BCUT2D eigenvalue weighted by atomic mass is 35.5. The normalized spacial score (nSPS) is 15.9. The van der Waals surface area contributed by atoms with E-state index in [2.05, 4.69) is 75.6 Å². The summed E-state index contributed by atoms with van der Waals surface area (Å²) in [7, 11) is 1.69. The maximum absolute atomic E-state index is 6.26. The first-order chi connectivity index (χ1) is 15.1. The van der Waals surface area contributed by atoms with Crippen molar-refractivity contribution in [2.45, 2.75) is 26.4 Å². The van der Waals surface area contributed by atoms with Crippen molar-refractivity contribution in [1.82, 2.24) is 25.1 Å². The van der Waals surface area contributed by atoms with Crippen LogP contribution in [0.15, 0.2) is 42.5 Å². The van der Waals surface area contributed by atoms with Crippen molar-refractivity contribution >= 4 is 17.3 Å². The number of anilines is 1. The Morgan fingerprint density at radius 2 is 1.77 bits per heavy atom. The van der Waals surface area contributed by atoms with Crippen LogP contribution in [0.25, 0.3) is 0 Å². The predicted octanol–water partition coefficient (Wildman–Crippen LogP) is 3.50. The van der Waals surface area contributed by atoms with Crippen molar-refractivity contribution in [2.75, 3.05) is 44.8 Å². The van der Waals surface area contributed by atoms with Gasteiger partial charge in [0.1, 0.15) is 0 Å². The van der Waals surface area contributed by atoms with Gasteiger partial charge in [-0.05, 0) is 47.5 Å². The summed E-state index contributed by atoms with van der Waals surface area (Å²) >= 11 is 6.26. The molecule has 1 atom stereocenters. The number of aryl methyl sites for hydroxylation is 2. The lowest BCUT2D eigenvalue weighted by Crippen LogP contribution is -2.48. The number of hydrogen-bond acceptors (Lipinski definition) is 6. The number of tetrazole rings is 1. The molecule has 0 bridgehead atoms. The number of ether oxygens (including phenoxy) is 1. The molecule has 1 aliphatic heterocycles. The van der Waals surface area contributed by atoms with Crippen molar-refractivity contribution in [3.63, 3.8) is 0 Å². The molecule has 3 aromatic rings. The second-order valence-corrected chi connectivity index (χ2v) is 8.46. The number of aromatic nitrogens is 4. The fraction of sp³-hybridized carbons (Fsp3) is 0.435. The molecule has 0 aliphatic carbocycles. The second-order valence-electron chi connectivity index (χ2n) is 8.02. The number of benzene rings is 2. The molecule has 1 saturated heterocycles. The highest BCUT2D eigenvalue weighted by molar-refractivity contribution is 6.30. The topological polar surface area (TPSA) is 59.3 Å². The Morgan fingerprint density at radius 1 is 1.03 bits per heavy atom. The Bertz CT molecular complexity index is 998. The summed E-state index contributed by atoms with van der Waals surface area (Å²) in [5.41, 5.74) is 4.90. The highest BCUT2D eigenvalue weighted by Crippen LogP contribution is 2.31. The summed E-state index contributed by atoms with van der Waals surface area (Å²) in [6.07, 6.45) is 0. The maximum Gasteiger partial charge on any atom is 0.173 e. The molecule has 0 saturated carbocycles. The van der Waals surface area contributed by atoms with Gasteiger partial charge in [-0.2, -0.15) is 0 Å². The molecular formula is C23H29ClN6O. The quantitative estimate of drug-likeness (QED) is 0.560. The average molecular weight is 441 g/mol. The number of rotatable bonds is 7. The molecule has 8 heteroatoms. The summed E-state index contributed by atoms with van der Waals surface area (Å²) < 4.78 is 7.12. The molecule has 2 heterocycles. The third-order valence-corrected chi connectivity index (χ3v) is 6.13. The monoisotopic (exact) mass is 440 g/mol. The lowest BCUT2D eigenvalue weighted by molar-refractivity contribution is 0.171. The van der Waals surface area contributed by atoms with Gasteiger partial charge in [-0.15, -0.1) is 5.10 Å². The first kappa shape index (κ1) is 21.7. The lowest BCUT2D eigenvalue weighted by Gasteiger charge is -2.40. The third kappa shape index (κ3) is 4.89. The van der Waals surface area contributed by atoms with Gasteiger partial charge in [-0.3, -0.25) is 4.90 Å². The van der Waals surface area contributed by atoms with E-state index >= 15 is 0 Å². The molecule has 164 valence electrons. The molecule has 2 aromatic carbocycles. The van der Waals surface area contributed by atoms with Gasteiger partial charge in [-0.25, -0.2) is 4.68 Å². The van der Waals surface area contributed by atoms with Crippen LogP contribution < -0.4 is 4.90 Å². The molecule has 31 heavy (non-hydrogen) atoms. The van der Waals surface area contributed by atoms with Gasteiger partial charge in [0.05, 0.1) is 19.2 Å². The minimum atomic E-state index is -0.00457. The van der Waals surface area contributed by atoms with E-state index in [0.29, 0.717) is 13.2 Å². The average Bonchev–Trinajstić information content (AvgIpc) is 3.24. The van der Waals surface area contributed by atoms with Gasteiger partial charge in [0, 0.05) is 44.0 Å². The van der Waals surface area contributed by atoms with Gasteiger partial charge in [0.15, 0.2) is 5.82 Å². The van der Waals surface area contributed by atoms with Gasteiger partial charge in [0.25, 0.3) is 0 Å². The zero-order chi connectivity index (χ0) is 21.8. The minimum Gasteiger partial charge on any atom is -0.383 e. The Labute approximate surface area is 188 Å². The van der Waals surface area contributed by atoms with Gasteiger partial charge >= 0.3 is 0 Å². The van der Waals surface area contributed by atoms with Crippen LogP contribution in [0, 0.1) is 13.8 Å². The van der Waals surface area contributed by atoms with Crippen LogP contribution in [0.3, 0.4) is 0 Å². The second kappa shape index (κ2) is 9.77. The van der Waals surface area contributed by atoms with E-state index in [4.69, 9.17) is 16.3 Å². The summed E-state index contributed by atoms with van der Waals surface area (Å²) in [5, 5.41) is 13.4. The summed E-state index contributed by atoms with van der Waals surface area (Å²) in [6, 6.07) is 14.8. The van der Waals surface area contributed by atoms with E-state index in [-0.39, 0.29) is 6.04 Å². The molecule has 0 N–H and O–H groups in total. The largest absolute Gasteiger partial charge is 0.383 e. The number of piperazine rings is 1.